The summed E-state index contributed by atoms with van der Waals surface area (Å²) in [5, 5.41) is 2.55. The van der Waals surface area contributed by atoms with Crippen molar-refractivity contribution >= 4 is 23.3 Å². The van der Waals surface area contributed by atoms with Crippen LogP contribution in [0.4, 0.5) is 5.69 Å². The van der Waals surface area contributed by atoms with Gasteiger partial charge in [0.1, 0.15) is 6.54 Å². The van der Waals surface area contributed by atoms with E-state index in [1.54, 1.807) is 54.6 Å². The molecule has 0 atom stereocenters. The second-order valence-electron chi connectivity index (χ2n) is 6.19. The summed E-state index contributed by atoms with van der Waals surface area (Å²) in [5.41, 5.74) is -0.311. The lowest BCUT2D eigenvalue weighted by Crippen LogP contribution is -2.32. The van der Waals surface area contributed by atoms with E-state index in [-0.39, 0.29) is 11.5 Å². The molecular weight excluding hydrogens is 390 g/mol. The minimum absolute atomic E-state index is 0.263. The van der Waals surface area contributed by atoms with Crippen molar-refractivity contribution in [2.24, 2.45) is 0 Å². The number of nitrogens with one attached hydrogen (secondary N) is 2. The zero-order valence-electron chi connectivity index (χ0n) is 15.7. The molecule has 0 radical (unpaired) electrons. The molecule has 1 aromatic heterocycles. The van der Waals surface area contributed by atoms with Gasteiger partial charge in [0.2, 0.25) is 0 Å². The first-order valence-electron chi connectivity index (χ1n) is 8.88. The molecule has 3 aromatic rings. The van der Waals surface area contributed by atoms with E-state index in [0.29, 0.717) is 11.1 Å². The fraction of sp³-hybridized carbons (Fsp3) is 0.0952. The maximum Gasteiger partial charge on any atom is 0.328 e. The van der Waals surface area contributed by atoms with Gasteiger partial charge in [-0.1, -0.05) is 42.5 Å². The number of ether oxygens (including phenoxy) is 1. The summed E-state index contributed by atoms with van der Waals surface area (Å²) >= 11 is 0. The molecule has 2 aromatic carbocycles. The van der Waals surface area contributed by atoms with Gasteiger partial charge in [0.25, 0.3) is 11.5 Å². The molecule has 152 valence electrons. The third kappa shape index (κ3) is 5.16. The number of H-pyrrole nitrogens is 1. The number of carbonyl (C=O) groups is 3. The average molecular weight is 407 g/mol. The van der Waals surface area contributed by atoms with Crippen LogP contribution in [0.2, 0.25) is 0 Å². The second-order valence-corrected chi connectivity index (χ2v) is 6.19. The fourth-order valence-corrected chi connectivity index (χ4v) is 2.62. The maximum atomic E-state index is 12.7. The van der Waals surface area contributed by atoms with E-state index in [4.69, 9.17) is 4.74 Å². The molecule has 0 unspecified atom stereocenters. The van der Waals surface area contributed by atoms with Gasteiger partial charge in [0.05, 0.1) is 5.69 Å². The molecule has 0 fully saturated rings. The Hall–Kier alpha value is -4.27. The fourth-order valence-electron chi connectivity index (χ4n) is 2.62. The van der Waals surface area contributed by atoms with Crippen molar-refractivity contribution in [1.29, 1.82) is 0 Å². The van der Waals surface area contributed by atoms with Crippen LogP contribution in [0.25, 0.3) is 0 Å². The molecule has 0 saturated heterocycles. The van der Waals surface area contributed by atoms with Crippen molar-refractivity contribution in [3.63, 3.8) is 0 Å². The van der Waals surface area contributed by atoms with Crippen molar-refractivity contribution < 1.29 is 19.1 Å². The number of benzene rings is 2. The number of anilines is 1. The van der Waals surface area contributed by atoms with Crippen LogP contribution in [0.15, 0.2) is 76.4 Å². The molecule has 2 N–H and O–H groups in total. The van der Waals surface area contributed by atoms with Gasteiger partial charge in [-0.15, -0.1) is 0 Å². The lowest BCUT2D eigenvalue weighted by Gasteiger charge is -2.11. The monoisotopic (exact) mass is 407 g/mol. The number of hydrogen-bond donors (Lipinski definition) is 2. The standard InChI is InChI=1S/C21H17N3O6/c25-17-10-11-24(21(29)23-17)12-19(27)30-13-18(26)22-16-9-5-4-8-15(16)20(28)14-6-2-1-3-7-14/h1-11H,12-13H2,(H,22,26)(H,23,25,29). The van der Waals surface area contributed by atoms with Crippen LogP contribution < -0.4 is 16.6 Å². The average Bonchev–Trinajstić information content (AvgIpc) is 2.75. The number of carbonyl (C=O) groups excluding carboxylic acids is 3. The summed E-state index contributed by atoms with van der Waals surface area (Å²) in [6.07, 6.45) is 1.15. The van der Waals surface area contributed by atoms with Crippen molar-refractivity contribution in [1.82, 2.24) is 9.55 Å². The molecule has 0 aliphatic heterocycles. The molecule has 30 heavy (non-hydrogen) atoms. The third-order valence-corrected chi connectivity index (χ3v) is 4.04. The molecular formula is C21H17N3O6. The van der Waals surface area contributed by atoms with Crippen LogP contribution in [0.5, 0.6) is 0 Å². The Labute approximate surface area is 169 Å². The first-order valence-corrected chi connectivity index (χ1v) is 8.88. The molecule has 9 heteroatoms. The smallest absolute Gasteiger partial charge is 0.328 e. The minimum Gasteiger partial charge on any atom is -0.454 e. The van der Waals surface area contributed by atoms with Crippen LogP contribution >= 0.6 is 0 Å². The summed E-state index contributed by atoms with van der Waals surface area (Å²) in [4.78, 5) is 61.3. The molecule has 0 aliphatic rings. The van der Waals surface area contributed by atoms with Crippen molar-refractivity contribution in [2.45, 2.75) is 6.54 Å². The molecule has 1 heterocycles. The SMILES string of the molecule is O=C(COC(=O)Cn1ccc(=O)[nH]c1=O)Nc1ccccc1C(=O)c1ccccc1. The normalized spacial score (nSPS) is 10.3. The lowest BCUT2D eigenvalue weighted by atomic mass is 10.0. The first kappa shape index (κ1) is 20.5. The predicted octanol–water partition coefficient (Wildman–Crippen LogP) is 0.949. The van der Waals surface area contributed by atoms with E-state index in [2.05, 4.69) is 5.32 Å². The molecule has 0 aliphatic carbocycles. The molecule has 0 bridgehead atoms. The third-order valence-electron chi connectivity index (χ3n) is 4.04. The van der Waals surface area contributed by atoms with Crippen LogP contribution in [0.3, 0.4) is 0 Å². The van der Waals surface area contributed by atoms with Gasteiger partial charge < -0.3 is 10.1 Å². The zero-order valence-corrected chi connectivity index (χ0v) is 15.7. The largest absolute Gasteiger partial charge is 0.454 e. The highest BCUT2D eigenvalue weighted by Crippen LogP contribution is 2.19. The number of amides is 1. The Morgan fingerprint density at radius 1 is 0.933 bits per heavy atom. The van der Waals surface area contributed by atoms with Crippen LogP contribution in [0, 0.1) is 0 Å². The molecule has 3 rings (SSSR count). The Kier molecular flexibility index (Phi) is 6.33. The number of ketones is 1. The molecule has 1 amide bonds. The van der Waals surface area contributed by atoms with Gasteiger partial charge in [-0.2, -0.15) is 0 Å². The number of hydrogen-bond acceptors (Lipinski definition) is 6. The lowest BCUT2D eigenvalue weighted by molar-refractivity contribution is -0.148. The van der Waals surface area contributed by atoms with Crippen LogP contribution in [-0.2, 0) is 20.9 Å². The maximum absolute atomic E-state index is 12.7. The number of esters is 1. The summed E-state index contributed by atoms with van der Waals surface area (Å²) in [6.45, 7) is -1.07. The number of para-hydroxylation sites is 1. The van der Waals surface area contributed by atoms with Crippen molar-refractivity contribution in [2.75, 3.05) is 11.9 Å². The number of nitrogens with zero attached hydrogens (tertiary/aromatic N) is 1. The van der Waals surface area contributed by atoms with Crippen molar-refractivity contribution in [3.8, 4) is 0 Å². The predicted molar refractivity (Wildman–Crippen MR) is 107 cm³/mol. The number of aromatic amines is 1. The van der Waals surface area contributed by atoms with Gasteiger partial charge in [0, 0.05) is 23.4 Å². The first-order chi connectivity index (χ1) is 14.4. The van der Waals surface area contributed by atoms with Gasteiger partial charge in [-0.25, -0.2) is 4.79 Å². The Bertz CT molecular complexity index is 1200. The Morgan fingerprint density at radius 2 is 1.63 bits per heavy atom. The summed E-state index contributed by atoms with van der Waals surface area (Å²) < 4.78 is 5.80. The Balaban J connectivity index is 1.61. The van der Waals surface area contributed by atoms with Crippen LogP contribution in [-0.4, -0.2) is 33.8 Å². The summed E-state index contributed by atoms with van der Waals surface area (Å²) in [6, 6.07) is 16.2. The van der Waals surface area contributed by atoms with E-state index >= 15 is 0 Å². The minimum atomic E-state index is -0.840. The topological polar surface area (TPSA) is 127 Å². The number of rotatable bonds is 7. The van der Waals surface area contributed by atoms with Crippen LogP contribution in [0.1, 0.15) is 15.9 Å². The Morgan fingerprint density at radius 3 is 2.37 bits per heavy atom. The number of aromatic nitrogens is 2. The van der Waals surface area contributed by atoms with Gasteiger partial charge in [-0.05, 0) is 12.1 Å². The summed E-state index contributed by atoms with van der Waals surface area (Å²) in [5.74, 6) is -1.75. The van der Waals surface area contributed by atoms with Gasteiger partial charge in [0.15, 0.2) is 12.4 Å². The zero-order chi connectivity index (χ0) is 21.5. The highest BCUT2D eigenvalue weighted by molar-refractivity contribution is 6.13. The molecule has 9 nitrogen and oxygen atoms in total. The van der Waals surface area contributed by atoms with Gasteiger partial charge in [-0.3, -0.25) is 28.7 Å². The van der Waals surface area contributed by atoms with E-state index in [1.807, 2.05) is 4.98 Å². The van der Waals surface area contributed by atoms with Crippen molar-refractivity contribution in [3.05, 3.63) is 98.8 Å². The van der Waals surface area contributed by atoms with E-state index in [0.717, 1.165) is 16.8 Å². The van der Waals surface area contributed by atoms with Gasteiger partial charge >= 0.3 is 11.7 Å². The van der Waals surface area contributed by atoms with E-state index < -0.39 is 36.3 Å². The quantitative estimate of drug-likeness (QED) is 0.443. The summed E-state index contributed by atoms with van der Waals surface area (Å²) in [7, 11) is 0. The highest BCUT2D eigenvalue weighted by Gasteiger charge is 2.16. The molecule has 0 spiro atoms. The second kappa shape index (κ2) is 9.28. The van der Waals surface area contributed by atoms with E-state index in [9.17, 15) is 24.0 Å². The highest BCUT2D eigenvalue weighted by atomic mass is 16.5. The van der Waals surface area contributed by atoms with E-state index in [1.165, 1.54) is 0 Å². The molecule has 0 saturated carbocycles.